The van der Waals surface area contributed by atoms with Gasteiger partial charge in [0.25, 0.3) is 0 Å². The molecule has 24 heavy (non-hydrogen) atoms. The first kappa shape index (κ1) is 18.7. The molecule has 0 spiro atoms. The van der Waals surface area contributed by atoms with Crippen molar-refractivity contribution in [3.8, 4) is 5.75 Å². The molecule has 1 fully saturated rings. The summed E-state index contributed by atoms with van der Waals surface area (Å²) in [4.78, 5) is 16.8. The number of hydrogen-bond donors (Lipinski definition) is 1. The predicted molar refractivity (Wildman–Crippen MR) is 97.2 cm³/mol. The van der Waals surface area contributed by atoms with Crippen LogP contribution in [0.3, 0.4) is 0 Å². The first-order valence-electron chi connectivity index (χ1n) is 8.87. The fraction of sp³-hybridized carbons (Fsp3) is 0.632. The van der Waals surface area contributed by atoms with Gasteiger partial charge in [0.1, 0.15) is 5.75 Å². The molecule has 2 rings (SSSR count). The van der Waals surface area contributed by atoms with E-state index in [4.69, 9.17) is 4.74 Å². The maximum absolute atomic E-state index is 12.2. The van der Waals surface area contributed by atoms with Gasteiger partial charge in [0.2, 0.25) is 5.91 Å². The van der Waals surface area contributed by atoms with Crippen molar-refractivity contribution in [3.63, 3.8) is 0 Å². The quantitative estimate of drug-likeness (QED) is 0.739. The van der Waals surface area contributed by atoms with Gasteiger partial charge in [-0.15, -0.1) is 0 Å². The molecule has 0 radical (unpaired) electrons. The lowest BCUT2D eigenvalue weighted by atomic mass is 9.95. The lowest BCUT2D eigenvalue weighted by Crippen LogP contribution is -2.40. The minimum absolute atomic E-state index is 0.165. The minimum atomic E-state index is 0.165. The molecular weight excluding hydrogens is 302 g/mol. The number of likely N-dealkylation sites (tertiary alicyclic amines) is 1. The standard InChI is InChI=1S/C19H31N3O2/c1-21(2)12-6-11-20-19(23)16-9-13-22(14-10-16)15-17-7-4-5-8-18(17)24-3/h4-5,7-8,16H,6,9-15H2,1-3H3,(H,20,23). The second-order valence-electron chi connectivity index (χ2n) is 6.81. The van der Waals surface area contributed by atoms with E-state index in [0.717, 1.165) is 57.7 Å². The van der Waals surface area contributed by atoms with E-state index in [1.807, 2.05) is 18.2 Å². The molecule has 0 unspecified atom stereocenters. The zero-order valence-electron chi connectivity index (χ0n) is 15.3. The molecule has 1 aromatic carbocycles. The van der Waals surface area contributed by atoms with E-state index < -0.39 is 0 Å². The number of ether oxygens (including phenoxy) is 1. The summed E-state index contributed by atoms with van der Waals surface area (Å²) in [5, 5.41) is 3.09. The number of hydrogen-bond acceptors (Lipinski definition) is 4. The predicted octanol–water partition coefficient (Wildman–Crippen LogP) is 1.98. The van der Waals surface area contributed by atoms with E-state index in [1.165, 1.54) is 5.56 Å². The molecule has 1 heterocycles. The van der Waals surface area contributed by atoms with Crippen molar-refractivity contribution in [1.29, 1.82) is 0 Å². The Labute approximate surface area is 146 Å². The number of nitrogens with one attached hydrogen (secondary N) is 1. The van der Waals surface area contributed by atoms with Crippen LogP contribution in [0.25, 0.3) is 0 Å². The van der Waals surface area contributed by atoms with E-state index in [2.05, 4.69) is 35.3 Å². The first-order valence-corrected chi connectivity index (χ1v) is 8.87. The molecule has 0 saturated carbocycles. The van der Waals surface area contributed by atoms with Crippen LogP contribution in [-0.2, 0) is 11.3 Å². The first-order chi connectivity index (χ1) is 11.6. The summed E-state index contributed by atoms with van der Waals surface area (Å²) in [6.45, 7) is 4.61. The molecule has 1 N–H and O–H groups in total. The van der Waals surface area contributed by atoms with Crippen LogP contribution < -0.4 is 10.1 Å². The van der Waals surface area contributed by atoms with E-state index in [-0.39, 0.29) is 11.8 Å². The van der Waals surface area contributed by atoms with Gasteiger partial charge in [-0.05, 0) is 59.1 Å². The maximum Gasteiger partial charge on any atom is 0.223 e. The van der Waals surface area contributed by atoms with Crippen LogP contribution in [0.2, 0.25) is 0 Å². The second-order valence-corrected chi connectivity index (χ2v) is 6.81. The highest BCUT2D eigenvalue weighted by Gasteiger charge is 2.25. The minimum Gasteiger partial charge on any atom is -0.496 e. The summed E-state index contributed by atoms with van der Waals surface area (Å²) in [5.74, 6) is 1.34. The number of nitrogens with zero attached hydrogens (tertiary/aromatic N) is 2. The van der Waals surface area contributed by atoms with Crippen LogP contribution in [0.1, 0.15) is 24.8 Å². The van der Waals surface area contributed by atoms with Gasteiger partial charge in [-0.3, -0.25) is 9.69 Å². The van der Waals surface area contributed by atoms with Gasteiger partial charge in [0.05, 0.1) is 7.11 Å². The highest BCUT2D eigenvalue weighted by molar-refractivity contribution is 5.78. The Morgan fingerprint density at radius 1 is 1.29 bits per heavy atom. The number of amides is 1. The molecule has 1 aliphatic heterocycles. The van der Waals surface area contributed by atoms with Crippen molar-refractivity contribution < 1.29 is 9.53 Å². The SMILES string of the molecule is COc1ccccc1CN1CCC(C(=O)NCCCN(C)C)CC1. The van der Waals surface area contributed by atoms with Crippen LogP contribution >= 0.6 is 0 Å². The third-order valence-electron chi connectivity index (χ3n) is 4.63. The average Bonchev–Trinajstić information content (AvgIpc) is 2.59. The monoisotopic (exact) mass is 333 g/mol. The normalized spacial score (nSPS) is 16.3. The summed E-state index contributed by atoms with van der Waals surface area (Å²) in [6.07, 6.45) is 2.88. The van der Waals surface area contributed by atoms with Gasteiger partial charge in [0.15, 0.2) is 0 Å². The number of methoxy groups -OCH3 is 1. The lowest BCUT2D eigenvalue weighted by Gasteiger charge is -2.31. The average molecular weight is 333 g/mol. The topological polar surface area (TPSA) is 44.8 Å². The molecule has 0 aliphatic carbocycles. The zero-order valence-corrected chi connectivity index (χ0v) is 15.3. The van der Waals surface area contributed by atoms with E-state index in [0.29, 0.717) is 0 Å². The van der Waals surface area contributed by atoms with Gasteiger partial charge in [-0.25, -0.2) is 0 Å². The molecule has 1 aliphatic rings. The molecule has 134 valence electrons. The second kappa shape index (κ2) is 9.64. The fourth-order valence-electron chi connectivity index (χ4n) is 3.18. The molecule has 0 bridgehead atoms. The zero-order chi connectivity index (χ0) is 17.4. The summed E-state index contributed by atoms with van der Waals surface area (Å²) in [7, 11) is 5.82. The van der Waals surface area contributed by atoms with Crippen LogP contribution in [0.15, 0.2) is 24.3 Å². The van der Waals surface area contributed by atoms with Crippen molar-refractivity contribution in [2.24, 2.45) is 5.92 Å². The Hall–Kier alpha value is -1.59. The van der Waals surface area contributed by atoms with Crippen molar-refractivity contribution in [1.82, 2.24) is 15.1 Å². The number of benzene rings is 1. The largest absolute Gasteiger partial charge is 0.496 e. The molecule has 1 saturated heterocycles. The van der Waals surface area contributed by atoms with E-state index in [1.54, 1.807) is 7.11 Å². The summed E-state index contributed by atoms with van der Waals surface area (Å²) < 4.78 is 5.42. The third-order valence-corrected chi connectivity index (χ3v) is 4.63. The smallest absolute Gasteiger partial charge is 0.223 e. The molecule has 5 heteroatoms. The van der Waals surface area contributed by atoms with Crippen LogP contribution in [0.5, 0.6) is 5.75 Å². The molecule has 1 amide bonds. The van der Waals surface area contributed by atoms with Crippen molar-refractivity contribution >= 4 is 5.91 Å². The number of piperidine rings is 1. The summed E-state index contributed by atoms with van der Waals surface area (Å²) in [5.41, 5.74) is 1.21. The summed E-state index contributed by atoms with van der Waals surface area (Å²) in [6, 6.07) is 8.16. The number of carbonyl (C=O) groups is 1. The highest BCUT2D eigenvalue weighted by Crippen LogP contribution is 2.23. The Morgan fingerprint density at radius 2 is 2.00 bits per heavy atom. The Bertz CT molecular complexity index is 511. The van der Waals surface area contributed by atoms with Crippen LogP contribution in [-0.4, -0.2) is 63.1 Å². The van der Waals surface area contributed by atoms with Crippen molar-refractivity contribution in [2.75, 3.05) is 47.4 Å². The lowest BCUT2D eigenvalue weighted by molar-refractivity contribution is -0.126. The van der Waals surface area contributed by atoms with E-state index >= 15 is 0 Å². The third kappa shape index (κ3) is 5.80. The summed E-state index contributed by atoms with van der Waals surface area (Å²) >= 11 is 0. The van der Waals surface area contributed by atoms with Gasteiger partial charge in [0, 0.05) is 24.6 Å². The molecule has 0 aromatic heterocycles. The molecule has 1 aromatic rings. The van der Waals surface area contributed by atoms with Crippen molar-refractivity contribution in [2.45, 2.75) is 25.8 Å². The Kier molecular flexibility index (Phi) is 7.53. The highest BCUT2D eigenvalue weighted by atomic mass is 16.5. The number of para-hydroxylation sites is 1. The van der Waals surface area contributed by atoms with Gasteiger partial charge >= 0.3 is 0 Å². The van der Waals surface area contributed by atoms with Gasteiger partial charge in [-0.1, -0.05) is 18.2 Å². The number of rotatable bonds is 8. The Balaban J connectivity index is 1.72. The van der Waals surface area contributed by atoms with Crippen LogP contribution in [0, 0.1) is 5.92 Å². The van der Waals surface area contributed by atoms with Gasteiger partial charge < -0.3 is 15.0 Å². The van der Waals surface area contributed by atoms with Crippen molar-refractivity contribution in [3.05, 3.63) is 29.8 Å². The maximum atomic E-state index is 12.2. The molecule has 5 nitrogen and oxygen atoms in total. The van der Waals surface area contributed by atoms with E-state index in [9.17, 15) is 4.79 Å². The number of carbonyl (C=O) groups excluding carboxylic acids is 1. The fourth-order valence-corrected chi connectivity index (χ4v) is 3.18. The molecule has 0 atom stereocenters. The van der Waals surface area contributed by atoms with Crippen LogP contribution in [0.4, 0.5) is 0 Å². The molecular formula is C19H31N3O2. The van der Waals surface area contributed by atoms with Gasteiger partial charge in [-0.2, -0.15) is 0 Å². The Morgan fingerprint density at radius 3 is 2.67 bits per heavy atom.